The van der Waals surface area contributed by atoms with Crippen LogP contribution in [0.1, 0.15) is 38.7 Å². The van der Waals surface area contributed by atoms with E-state index in [0.29, 0.717) is 30.0 Å². The highest BCUT2D eigenvalue weighted by Gasteiger charge is 2.31. The molecule has 0 bridgehead atoms. The van der Waals surface area contributed by atoms with Crippen LogP contribution in [0, 0.1) is 12.7 Å². The van der Waals surface area contributed by atoms with Crippen molar-refractivity contribution in [2.45, 2.75) is 19.4 Å². The summed E-state index contributed by atoms with van der Waals surface area (Å²) in [7, 11) is 1.89. The third-order valence-corrected chi connectivity index (χ3v) is 5.81. The van der Waals surface area contributed by atoms with E-state index in [0.717, 1.165) is 11.1 Å². The van der Waals surface area contributed by atoms with Gasteiger partial charge in [-0.15, -0.1) is 0 Å². The maximum Gasteiger partial charge on any atom is 0.257 e. The largest absolute Gasteiger partial charge is 0.333 e. The molecule has 0 saturated carbocycles. The highest BCUT2D eigenvalue weighted by Crippen LogP contribution is 2.34. The van der Waals surface area contributed by atoms with Crippen LogP contribution in [0.2, 0.25) is 0 Å². The van der Waals surface area contributed by atoms with Crippen LogP contribution in [0.25, 0.3) is 5.69 Å². The van der Waals surface area contributed by atoms with Gasteiger partial charge in [0.1, 0.15) is 5.82 Å². The molecule has 1 atom stereocenters. The molecule has 1 unspecified atom stereocenters. The molecule has 1 aliphatic heterocycles. The van der Waals surface area contributed by atoms with Gasteiger partial charge in [-0.1, -0.05) is 30.3 Å². The molecule has 1 aliphatic rings. The fraction of sp³-hybridized carbons (Fsp3) is 0.208. The summed E-state index contributed by atoms with van der Waals surface area (Å²) in [6.45, 7) is 2.90. The summed E-state index contributed by atoms with van der Waals surface area (Å²) in [5.41, 5.74) is 5.16. The van der Waals surface area contributed by atoms with Crippen molar-refractivity contribution < 1.29 is 9.18 Å². The molecule has 0 aliphatic carbocycles. The fourth-order valence-corrected chi connectivity index (χ4v) is 4.26. The predicted molar refractivity (Wildman–Crippen MR) is 114 cm³/mol. The van der Waals surface area contributed by atoms with Crippen LogP contribution in [0.5, 0.6) is 0 Å². The van der Waals surface area contributed by atoms with Gasteiger partial charge < -0.3 is 4.90 Å². The second-order valence-electron chi connectivity index (χ2n) is 7.94. The first kappa shape index (κ1) is 19.2. The molecule has 0 N–H and O–H groups in total. The van der Waals surface area contributed by atoms with Gasteiger partial charge in [-0.05, 0) is 41.8 Å². The van der Waals surface area contributed by atoms with E-state index in [1.165, 1.54) is 17.7 Å². The Bertz CT molecular complexity index is 1270. The molecule has 0 saturated heterocycles. The third-order valence-electron chi connectivity index (χ3n) is 5.81. The number of hydrogen-bond donors (Lipinski definition) is 0. The number of hydrogen-bond acceptors (Lipinski definition) is 3. The van der Waals surface area contributed by atoms with Crippen molar-refractivity contribution in [1.29, 1.82) is 0 Å². The Morgan fingerprint density at radius 2 is 1.97 bits per heavy atom. The van der Waals surface area contributed by atoms with E-state index in [1.54, 1.807) is 34.6 Å². The summed E-state index contributed by atoms with van der Waals surface area (Å²) in [5, 5.41) is 8.77. The summed E-state index contributed by atoms with van der Waals surface area (Å²) < 4.78 is 17.0. The van der Waals surface area contributed by atoms with Crippen LogP contribution in [0.4, 0.5) is 4.39 Å². The maximum absolute atomic E-state index is 13.6. The minimum Gasteiger partial charge on any atom is -0.333 e. The quantitative estimate of drug-likeness (QED) is 0.511. The number of benzene rings is 2. The van der Waals surface area contributed by atoms with Crippen molar-refractivity contribution in [3.05, 3.63) is 101 Å². The topological polar surface area (TPSA) is 56.0 Å². The second-order valence-corrected chi connectivity index (χ2v) is 7.94. The molecule has 156 valence electrons. The molecule has 2 aromatic carbocycles. The molecule has 0 spiro atoms. The van der Waals surface area contributed by atoms with E-state index in [2.05, 4.69) is 22.3 Å². The Balaban J connectivity index is 1.49. The Morgan fingerprint density at radius 3 is 2.74 bits per heavy atom. The molecule has 0 radical (unpaired) electrons. The molecular weight excluding hydrogens is 393 g/mol. The molecule has 31 heavy (non-hydrogen) atoms. The predicted octanol–water partition coefficient (Wildman–Crippen LogP) is 3.84. The molecule has 5 rings (SSSR count). The van der Waals surface area contributed by atoms with E-state index in [1.807, 2.05) is 36.5 Å². The number of amides is 1. The summed E-state index contributed by atoms with van der Waals surface area (Å²) in [4.78, 5) is 15.4. The van der Waals surface area contributed by atoms with Crippen LogP contribution < -0.4 is 0 Å². The van der Waals surface area contributed by atoms with E-state index < -0.39 is 0 Å². The second kappa shape index (κ2) is 7.50. The SMILES string of the molecule is Cc1nn(-c2cccc(F)c2)cc1C(=O)N1Cc2ccccc2C(c2cnn(C)c2)C1. The van der Waals surface area contributed by atoms with Gasteiger partial charge in [0.25, 0.3) is 5.91 Å². The van der Waals surface area contributed by atoms with E-state index in [-0.39, 0.29) is 17.6 Å². The molecule has 7 heteroatoms. The number of halogens is 1. The molecular formula is C24H22FN5O. The number of rotatable bonds is 3. The van der Waals surface area contributed by atoms with Gasteiger partial charge in [0.15, 0.2) is 0 Å². The lowest BCUT2D eigenvalue weighted by Gasteiger charge is -2.34. The van der Waals surface area contributed by atoms with Crippen molar-refractivity contribution >= 4 is 5.91 Å². The zero-order chi connectivity index (χ0) is 21.5. The number of aromatic nitrogens is 4. The lowest BCUT2D eigenvalue weighted by molar-refractivity contribution is 0.0724. The maximum atomic E-state index is 13.6. The normalized spacial score (nSPS) is 15.7. The fourth-order valence-electron chi connectivity index (χ4n) is 4.26. The lowest BCUT2D eigenvalue weighted by Crippen LogP contribution is -2.38. The summed E-state index contributed by atoms with van der Waals surface area (Å²) in [6, 6.07) is 14.4. The number of fused-ring (bicyclic) bond motifs is 1. The van der Waals surface area contributed by atoms with Gasteiger partial charge >= 0.3 is 0 Å². The Morgan fingerprint density at radius 1 is 1.13 bits per heavy atom. The standard InChI is InChI=1S/C24H22FN5O/c1-16-22(15-30(27-16)20-8-5-7-19(25)10-20)24(31)29-13-17-6-3-4-9-21(17)23(14-29)18-11-26-28(2)12-18/h3-12,15,23H,13-14H2,1-2H3. The van der Waals surface area contributed by atoms with Crippen molar-refractivity contribution in [1.82, 2.24) is 24.5 Å². The smallest absolute Gasteiger partial charge is 0.257 e. The summed E-state index contributed by atoms with van der Waals surface area (Å²) in [5.74, 6) is -0.366. The van der Waals surface area contributed by atoms with Crippen LogP contribution >= 0.6 is 0 Å². The average Bonchev–Trinajstić information content (AvgIpc) is 3.38. The van der Waals surface area contributed by atoms with Crippen molar-refractivity contribution in [2.75, 3.05) is 6.54 Å². The molecule has 0 fully saturated rings. The van der Waals surface area contributed by atoms with Crippen LogP contribution in [-0.2, 0) is 13.6 Å². The van der Waals surface area contributed by atoms with Crippen molar-refractivity contribution in [3.8, 4) is 5.69 Å². The van der Waals surface area contributed by atoms with Crippen LogP contribution in [0.15, 0.2) is 67.1 Å². The minimum absolute atomic E-state index is 0.0566. The van der Waals surface area contributed by atoms with Gasteiger partial charge in [-0.2, -0.15) is 10.2 Å². The summed E-state index contributed by atoms with van der Waals surface area (Å²) in [6.07, 6.45) is 5.55. The first-order chi connectivity index (χ1) is 15.0. The van der Waals surface area contributed by atoms with Gasteiger partial charge in [0.05, 0.1) is 23.1 Å². The molecule has 3 heterocycles. The third kappa shape index (κ3) is 3.52. The highest BCUT2D eigenvalue weighted by molar-refractivity contribution is 5.95. The van der Waals surface area contributed by atoms with Gasteiger partial charge in [0, 0.05) is 38.4 Å². The number of nitrogens with zero attached hydrogens (tertiary/aromatic N) is 5. The van der Waals surface area contributed by atoms with Crippen LogP contribution in [-0.4, -0.2) is 36.9 Å². The number of carbonyl (C=O) groups excluding carboxylic acids is 1. The number of carbonyl (C=O) groups is 1. The Kier molecular flexibility index (Phi) is 4.66. The monoisotopic (exact) mass is 415 g/mol. The van der Waals surface area contributed by atoms with Gasteiger partial charge in [-0.3, -0.25) is 9.48 Å². The Hall–Kier alpha value is -3.74. The number of aryl methyl sites for hydroxylation is 2. The molecule has 6 nitrogen and oxygen atoms in total. The highest BCUT2D eigenvalue weighted by atomic mass is 19.1. The Labute approximate surface area is 179 Å². The zero-order valence-electron chi connectivity index (χ0n) is 17.4. The average molecular weight is 415 g/mol. The van der Waals surface area contributed by atoms with E-state index in [4.69, 9.17) is 0 Å². The first-order valence-electron chi connectivity index (χ1n) is 10.2. The van der Waals surface area contributed by atoms with Crippen molar-refractivity contribution in [3.63, 3.8) is 0 Å². The zero-order valence-corrected chi connectivity index (χ0v) is 17.4. The van der Waals surface area contributed by atoms with Gasteiger partial charge in [-0.25, -0.2) is 9.07 Å². The first-order valence-corrected chi connectivity index (χ1v) is 10.2. The van der Waals surface area contributed by atoms with E-state index in [9.17, 15) is 9.18 Å². The van der Waals surface area contributed by atoms with E-state index >= 15 is 0 Å². The van der Waals surface area contributed by atoms with Crippen molar-refractivity contribution in [2.24, 2.45) is 7.05 Å². The summed E-state index contributed by atoms with van der Waals surface area (Å²) >= 11 is 0. The molecule has 1 amide bonds. The molecule has 2 aromatic heterocycles. The minimum atomic E-state index is -0.342. The van der Waals surface area contributed by atoms with Crippen LogP contribution in [0.3, 0.4) is 0 Å². The lowest BCUT2D eigenvalue weighted by atomic mass is 9.86. The van der Waals surface area contributed by atoms with Gasteiger partial charge in [0.2, 0.25) is 0 Å². The molecule has 4 aromatic rings.